The summed E-state index contributed by atoms with van der Waals surface area (Å²) < 4.78 is 6.55. The number of ether oxygens (including phenoxy) is 1. The van der Waals surface area contributed by atoms with Gasteiger partial charge in [-0.2, -0.15) is 0 Å². The van der Waals surface area contributed by atoms with Gasteiger partial charge < -0.3 is 21.5 Å². The molecule has 1 rings (SSSR count). The van der Waals surface area contributed by atoms with E-state index in [2.05, 4.69) is 5.32 Å². The first kappa shape index (κ1) is 20.9. The molecule has 1 aromatic rings. The Kier molecular flexibility index (Phi) is 6.70. The lowest BCUT2D eigenvalue weighted by atomic mass is 10.0. The van der Waals surface area contributed by atoms with E-state index in [0.29, 0.717) is 0 Å². The molecule has 0 unspecified atom stereocenters. The Morgan fingerprint density at radius 3 is 2.23 bits per heavy atom. The van der Waals surface area contributed by atoms with Crippen LogP contribution < -0.4 is 28.0 Å². The maximum Gasteiger partial charge on any atom is 0.332 e. The smallest absolute Gasteiger partial charge is 0.332 e. The van der Waals surface area contributed by atoms with Crippen LogP contribution in [0.5, 0.6) is 0 Å². The first-order chi connectivity index (χ1) is 12.0. The number of hydrogen-bond acceptors (Lipinski definition) is 7. The van der Waals surface area contributed by atoms with E-state index in [4.69, 9.17) is 16.2 Å². The molecule has 1 heterocycles. The maximum atomic E-state index is 12.3. The van der Waals surface area contributed by atoms with E-state index in [0.717, 1.165) is 9.13 Å². The molecule has 0 fully saturated rings. The third-order valence-corrected chi connectivity index (χ3v) is 3.64. The number of nitrogens with one attached hydrogen (secondary N) is 1. The van der Waals surface area contributed by atoms with Gasteiger partial charge in [-0.15, -0.1) is 0 Å². The van der Waals surface area contributed by atoms with Crippen LogP contribution in [0.15, 0.2) is 9.59 Å². The summed E-state index contributed by atoms with van der Waals surface area (Å²) in [5.41, 5.74) is 8.66. The predicted molar refractivity (Wildman–Crippen MR) is 92.6 cm³/mol. The van der Waals surface area contributed by atoms with Gasteiger partial charge in [0.2, 0.25) is 5.78 Å². The number of anilines is 1. The van der Waals surface area contributed by atoms with Crippen LogP contribution in [0.1, 0.15) is 30.6 Å². The van der Waals surface area contributed by atoms with Crippen LogP contribution in [-0.2, 0) is 23.6 Å². The highest BCUT2D eigenvalue weighted by molar-refractivity contribution is 6.01. The molecular weight excluding hydrogens is 346 g/mol. The standard InChI is InChI=1S/C15H23N5O6/c1-7(2)5-8(18-14(17)24)13(23)26-6-9(21)10-11(16)19(3)15(25)20(4)12(10)22/h7-8H,5-6,16H2,1-4H3,(H3,17,18,24)/t8-/m1/s1. The van der Waals surface area contributed by atoms with Gasteiger partial charge in [0.15, 0.2) is 6.61 Å². The molecule has 0 aliphatic rings. The van der Waals surface area contributed by atoms with Crippen LogP contribution in [0.3, 0.4) is 0 Å². The quantitative estimate of drug-likeness (QED) is 0.387. The molecule has 0 saturated heterocycles. The predicted octanol–water partition coefficient (Wildman–Crippen LogP) is -1.52. The molecule has 5 N–H and O–H groups in total. The average molecular weight is 369 g/mol. The lowest BCUT2D eigenvalue weighted by molar-refractivity contribution is -0.145. The summed E-state index contributed by atoms with van der Waals surface area (Å²) >= 11 is 0. The first-order valence-corrected chi connectivity index (χ1v) is 7.78. The fourth-order valence-electron chi connectivity index (χ4n) is 2.29. The summed E-state index contributed by atoms with van der Waals surface area (Å²) in [5.74, 6) is -2.02. The largest absolute Gasteiger partial charge is 0.456 e. The average Bonchev–Trinajstić information content (AvgIpc) is 2.54. The van der Waals surface area contributed by atoms with Crippen LogP contribution in [-0.4, -0.2) is 39.6 Å². The van der Waals surface area contributed by atoms with Crippen molar-refractivity contribution < 1.29 is 19.1 Å². The number of rotatable bonds is 7. The molecule has 0 radical (unpaired) electrons. The summed E-state index contributed by atoms with van der Waals surface area (Å²) in [5, 5.41) is 2.24. The van der Waals surface area contributed by atoms with Crippen molar-refractivity contribution >= 4 is 23.6 Å². The molecule has 144 valence electrons. The Labute approximate surface area is 148 Å². The second-order valence-corrected chi connectivity index (χ2v) is 6.19. The molecule has 0 saturated carbocycles. The van der Waals surface area contributed by atoms with Crippen molar-refractivity contribution in [1.29, 1.82) is 0 Å². The normalized spacial score (nSPS) is 11.9. The van der Waals surface area contributed by atoms with Gasteiger partial charge in [0.05, 0.1) is 0 Å². The summed E-state index contributed by atoms with van der Waals surface area (Å²) in [6, 6.07) is -1.93. The lowest BCUT2D eigenvalue weighted by Gasteiger charge is -2.18. The Balaban J connectivity index is 2.99. The highest BCUT2D eigenvalue weighted by atomic mass is 16.5. The van der Waals surface area contributed by atoms with Crippen LogP contribution in [0, 0.1) is 5.92 Å². The molecule has 0 aromatic carbocycles. The highest BCUT2D eigenvalue weighted by Gasteiger charge is 2.25. The Morgan fingerprint density at radius 1 is 1.15 bits per heavy atom. The fourth-order valence-corrected chi connectivity index (χ4v) is 2.29. The summed E-state index contributed by atoms with van der Waals surface area (Å²) in [4.78, 5) is 59.2. The molecule has 1 atom stereocenters. The van der Waals surface area contributed by atoms with Crippen LogP contribution in [0.4, 0.5) is 10.6 Å². The van der Waals surface area contributed by atoms with Gasteiger partial charge in [0.1, 0.15) is 17.4 Å². The van der Waals surface area contributed by atoms with Crippen molar-refractivity contribution in [2.75, 3.05) is 12.3 Å². The van der Waals surface area contributed by atoms with Crippen molar-refractivity contribution in [2.45, 2.75) is 26.3 Å². The number of nitrogens with two attached hydrogens (primary N) is 2. The van der Waals surface area contributed by atoms with E-state index in [1.807, 2.05) is 13.8 Å². The number of Topliss-reactive ketones (excluding diaryl/α,β-unsaturated/α-hetero) is 1. The molecule has 11 heteroatoms. The number of ketones is 1. The number of urea groups is 1. The number of nitrogen functional groups attached to an aromatic ring is 1. The molecule has 0 aliphatic carbocycles. The van der Waals surface area contributed by atoms with Crippen molar-refractivity contribution in [1.82, 2.24) is 14.5 Å². The molecular formula is C15H23N5O6. The number of hydrogen-bond donors (Lipinski definition) is 3. The van der Waals surface area contributed by atoms with E-state index in [1.54, 1.807) is 0 Å². The fraction of sp³-hybridized carbons (Fsp3) is 0.533. The number of carbonyl (C=O) groups is 3. The van der Waals surface area contributed by atoms with E-state index in [1.165, 1.54) is 14.1 Å². The Morgan fingerprint density at radius 2 is 1.73 bits per heavy atom. The van der Waals surface area contributed by atoms with Gasteiger partial charge in [0, 0.05) is 14.1 Å². The van der Waals surface area contributed by atoms with Gasteiger partial charge in [-0.1, -0.05) is 13.8 Å². The van der Waals surface area contributed by atoms with Gasteiger partial charge >= 0.3 is 17.7 Å². The molecule has 26 heavy (non-hydrogen) atoms. The van der Waals surface area contributed by atoms with Crippen molar-refractivity contribution in [2.24, 2.45) is 25.7 Å². The maximum absolute atomic E-state index is 12.3. The summed E-state index contributed by atoms with van der Waals surface area (Å²) in [6.45, 7) is 2.87. The molecule has 2 amide bonds. The lowest BCUT2D eigenvalue weighted by Crippen LogP contribution is -2.46. The topological polar surface area (TPSA) is 169 Å². The number of carbonyl (C=O) groups excluding carboxylic acids is 3. The van der Waals surface area contributed by atoms with Crippen molar-refractivity contribution in [3.8, 4) is 0 Å². The van der Waals surface area contributed by atoms with Crippen molar-refractivity contribution in [3.05, 3.63) is 26.4 Å². The Hall–Kier alpha value is -3.11. The van der Waals surface area contributed by atoms with Gasteiger partial charge in [-0.25, -0.2) is 14.4 Å². The Bertz CT molecular complexity index is 838. The number of aromatic nitrogens is 2. The third-order valence-electron chi connectivity index (χ3n) is 3.64. The second-order valence-electron chi connectivity index (χ2n) is 6.19. The minimum atomic E-state index is -1.03. The monoisotopic (exact) mass is 369 g/mol. The number of amides is 2. The van der Waals surface area contributed by atoms with Crippen LogP contribution >= 0.6 is 0 Å². The minimum Gasteiger partial charge on any atom is -0.456 e. The van der Waals surface area contributed by atoms with E-state index in [9.17, 15) is 24.0 Å². The number of primary amides is 1. The van der Waals surface area contributed by atoms with E-state index >= 15 is 0 Å². The van der Waals surface area contributed by atoms with Crippen LogP contribution in [0.25, 0.3) is 0 Å². The van der Waals surface area contributed by atoms with Crippen LogP contribution in [0.2, 0.25) is 0 Å². The molecule has 0 spiro atoms. The second kappa shape index (κ2) is 8.32. The molecule has 0 bridgehead atoms. The van der Waals surface area contributed by atoms with Crippen molar-refractivity contribution in [3.63, 3.8) is 0 Å². The molecule has 1 aromatic heterocycles. The number of nitrogens with zero attached hydrogens (tertiary/aromatic N) is 2. The zero-order valence-corrected chi connectivity index (χ0v) is 15.1. The van der Waals surface area contributed by atoms with Gasteiger partial charge in [-0.05, 0) is 12.3 Å². The van der Waals surface area contributed by atoms with Gasteiger partial charge in [0.25, 0.3) is 5.56 Å². The third kappa shape index (κ3) is 4.71. The SMILES string of the molecule is CC(C)C[C@@H](NC(N)=O)C(=O)OCC(=O)c1c(N)n(C)c(=O)n(C)c1=O. The highest BCUT2D eigenvalue weighted by Crippen LogP contribution is 2.08. The van der Waals surface area contributed by atoms with E-state index in [-0.39, 0.29) is 18.2 Å². The summed E-state index contributed by atoms with van der Waals surface area (Å²) in [6.07, 6.45) is 0.250. The molecule has 11 nitrogen and oxygen atoms in total. The molecule has 0 aliphatic heterocycles. The number of esters is 1. The summed E-state index contributed by atoms with van der Waals surface area (Å²) in [7, 11) is 2.50. The van der Waals surface area contributed by atoms with Gasteiger partial charge in [-0.3, -0.25) is 18.7 Å². The first-order valence-electron chi connectivity index (χ1n) is 7.78. The zero-order chi connectivity index (χ0) is 20.2. The minimum absolute atomic E-state index is 0.0432. The van der Waals surface area contributed by atoms with E-state index < -0.39 is 47.2 Å². The zero-order valence-electron chi connectivity index (χ0n) is 15.1.